The molecule has 5 nitrogen and oxygen atoms in total. The second kappa shape index (κ2) is 5.74. The number of aromatic nitrogens is 1. The van der Waals surface area contributed by atoms with E-state index in [1.54, 1.807) is 16.6 Å². The zero-order chi connectivity index (χ0) is 15.0. The van der Waals surface area contributed by atoms with Crippen LogP contribution in [-0.2, 0) is 16.6 Å². The molecule has 0 amide bonds. The van der Waals surface area contributed by atoms with E-state index in [-0.39, 0.29) is 6.04 Å². The van der Waals surface area contributed by atoms with Gasteiger partial charge in [0.25, 0.3) is 0 Å². The Morgan fingerprint density at radius 3 is 2.48 bits per heavy atom. The van der Waals surface area contributed by atoms with Crippen molar-refractivity contribution < 1.29 is 8.42 Å². The van der Waals surface area contributed by atoms with Crippen LogP contribution >= 0.6 is 0 Å². The predicted octanol–water partition coefficient (Wildman–Crippen LogP) is 2.23. The molecule has 0 saturated heterocycles. The summed E-state index contributed by atoms with van der Waals surface area (Å²) in [6.07, 6.45) is 8.29. The van der Waals surface area contributed by atoms with Gasteiger partial charge < -0.3 is 10.3 Å². The second-order valence-corrected chi connectivity index (χ2v) is 8.05. The van der Waals surface area contributed by atoms with Gasteiger partial charge >= 0.3 is 0 Å². The predicted molar refractivity (Wildman–Crippen MR) is 82.4 cm³/mol. The molecule has 21 heavy (non-hydrogen) atoms. The molecule has 1 aromatic heterocycles. The van der Waals surface area contributed by atoms with Gasteiger partial charge in [-0.25, -0.2) is 8.42 Å². The monoisotopic (exact) mass is 311 g/mol. The summed E-state index contributed by atoms with van der Waals surface area (Å²) < 4.78 is 29.6. The van der Waals surface area contributed by atoms with Crippen molar-refractivity contribution in [3.63, 3.8) is 0 Å². The Bertz CT molecular complexity index is 598. The van der Waals surface area contributed by atoms with E-state index < -0.39 is 10.0 Å². The van der Waals surface area contributed by atoms with Crippen LogP contribution in [0.5, 0.6) is 0 Å². The normalized spacial score (nSPS) is 20.5. The van der Waals surface area contributed by atoms with Gasteiger partial charge in [0.15, 0.2) is 0 Å². The van der Waals surface area contributed by atoms with Crippen LogP contribution in [0.3, 0.4) is 0 Å². The van der Waals surface area contributed by atoms with Gasteiger partial charge in [-0.2, -0.15) is 4.31 Å². The maximum Gasteiger partial charge on any atom is 0.244 e. The lowest BCUT2D eigenvalue weighted by molar-refractivity contribution is 0.335. The van der Waals surface area contributed by atoms with Crippen molar-refractivity contribution in [2.45, 2.75) is 69.0 Å². The molecule has 2 aliphatic carbocycles. The molecule has 1 aromatic rings. The van der Waals surface area contributed by atoms with E-state index in [1.807, 2.05) is 6.92 Å². The molecule has 2 N–H and O–H groups in total. The van der Waals surface area contributed by atoms with Gasteiger partial charge in [0.2, 0.25) is 10.0 Å². The molecule has 0 bridgehead atoms. The van der Waals surface area contributed by atoms with Crippen LogP contribution in [-0.4, -0.2) is 29.9 Å². The highest BCUT2D eigenvalue weighted by Gasteiger charge is 2.34. The van der Waals surface area contributed by atoms with Gasteiger partial charge in [-0.05, 0) is 31.7 Å². The van der Waals surface area contributed by atoms with Crippen LogP contribution in [0.1, 0.15) is 57.2 Å². The van der Waals surface area contributed by atoms with E-state index in [4.69, 9.17) is 5.73 Å². The highest BCUT2D eigenvalue weighted by Crippen LogP contribution is 2.38. The first-order valence-corrected chi connectivity index (χ1v) is 9.44. The number of sulfonamides is 1. The standard InChI is InChI=1S/C15H25N3O2S/c1-2-18(13-5-3-4-6-13)21(19,20)15-9-14(10-16)17(11-15)12-7-8-12/h9,11-13H,2-8,10,16H2,1H3. The lowest BCUT2D eigenvalue weighted by atomic mass is 10.2. The molecular formula is C15H25N3O2S. The molecule has 0 unspecified atom stereocenters. The van der Waals surface area contributed by atoms with Crippen LogP contribution in [0, 0.1) is 0 Å². The molecule has 0 aromatic carbocycles. The van der Waals surface area contributed by atoms with Crippen LogP contribution in [0.25, 0.3) is 0 Å². The van der Waals surface area contributed by atoms with E-state index in [0.29, 0.717) is 24.0 Å². The Labute approximate surface area is 127 Å². The maximum atomic E-state index is 12.9. The minimum atomic E-state index is -3.40. The van der Waals surface area contributed by atoms with Crippen molar-refractivity contribution in [3.8, 4) is 0 Å². The number of hydrogen-bond donors (Lipinski definition) is 1. The third kappa shape index (κ3) is 2.76. The quantitative estimate of drug-likeness (QED) is 0.876. The first-order valence-electron chi connectivity index (χ1n) is 8.00. The van der Waals surface area contributed by atoms with Gasteiger partial charge in [-0.15, -0.1) is 0 Å². The van der Waals surface area contributed by atoms with E-state index in [0.717, 1.165) is 44.2 Å². The second-order valence-electron chi connectivity index (χ2n) is 6.16. The molecule has 2 fully saturated rings. The number of rotatable bonds is 6. The van der Waals surface area contributed by atoms with E-state index in [1.165, 1.54) is 0 Å². The Hall–Kier alpha value is -0.850. The average Bonchev–Trinajstić information content (AvgIpc) is 3.00. The summed E-state index contributed by atoms with van der Waals surface area (Å²) in [6.45, 7) is 2.86. The van der Waals surface area contributed by atoms with Gasteiger partial charge in [0.05, 0.1) is 0 Å². The fourth-order valence-electron chi connectivity index (χ4n) is 3.45. The molecule has 1 heterocycles. The average molecular weight is 311 g/mol. The van der Waals surface area contributed by atoms with E-state index in [9.17, 15) is 8.42 Å². The highest BCUT2D eigenvalue weighted by atomic mass is 32.2. The Morgan fingerprint density at radius 1 is 1.29 bits per heavy atom. The molecule has 0 spiro atoms. The van der Waals surface area contributed by atoms with Crippen molar-refractivity contribution in [3.05, 3.63) is 18.0 Å². The first kappa shape index (κ1) is 15.1. The third-order valence-electron chi connectivity index (χ3n) is 4.71. The van der Waals surface area contributed by atoms with E-state index in [2.05, 4.69) is 4.57 Å². The Kier molecular flexibility index (Phi) is 4.12. The summed E-state index contributed by atoms with van der Waals surface area (Å²) in [5.74, 6) is 0. The van der Waals surface area contributed by atoms with Crippen molar-refractivity contribution >= 4 is 10.0 Å². The fraction of sp³-hybridized carbons (Fsp3) is 0.733. The van der Waals surface area contributed by atoms with E-state index >= 15 is 0 Å². The zero-order valence-electron chi connectivity index (χ0n) is 12.7. The molecule has 118 valence electrons. The summed E-state index contributed by atoms with van der Waals surface area (Å²) in [7, 11) is -3.40. The molecule has 2 saturated carbocycles. The van der Waals surface area contributed by atoms with Crippen LogP contribution in [0.15, 0.2) is 17.2 Å². The SMILES string of the molecule is CCN(C1CCCC1)S(=O)(=O)c1cc(CN)n(C2CC2)c1. The van der Waals surface area contributed by atoms with Gasteiger partial charge in [0.1, 0.15) is 4.90 Å². The van der Waals surface area contributed by atoms with Gasteiger partial charge in [-0.1, -0.05) is 19.8 Å². The third-order valence-corrected chi connectivity index (χ3v) is 6.70. The van der Waals surface area contributed by atoms with Crippen molar-refractivity contribution in [1.29, 1.82) is 0 Å². The summed E-state index contributed by atoms with van der Waals surface area (Å²) >= 11 is 0. The molecule has 3 rings (SSSR count). The molecule has 0 aliphatic heterocycles. The van der Waals surface area contributed by atoms with Gasteiger partial charge in [0, 0.05) is 37.1 Å². The van der Waals surface area contributed by atoms with Crippen LogP contribution in [0.2, 0.25) is 0 Å². The number of hydrogen-bond acceptors (Lipinski definition) is 3. The minimum absolute atomic E-state index is 0.172. The fourth-order valence-corrected chi connectivity index (χ4v) is 5.19. The molecule has 6 heteroatoms. The zero-order valence-corrected chi connectivity index (χ0v) is 13.5. The van der Waals surface area contributed by atoms with Crippen molar-refractivity contribution in [1.82, 2.24) is 8.87 Å². The topological polar surface area (TPSA) is 68.3 Å². The lowest BCUT2D eigenvalue weighted by Gasteiger charge is -2.26. The van der Waals surface area contributed by atoms with Crippen LogP contribution in [0.4, 0.5) is 0 Å². The summed E-state index contributed by atoms with van der Waals surface area (Å²) in [5.41, 5.74) is 6.70. The molecule has 0 radical (unpaired) electrons. The molecule has 0 atom stereocenters. The number of nitrogens with zero attached hydrogens (tertiary/aromatic N) is 2. The van der Waals surface area contributed by atoms with Crippen molar-refractivity contribution in [2.75, 3.05) is 6.54 Å². The van der Waals surface area contributed by atoms with Crippen molar-refractivity contribution in [2.24, 2.45) is 5.73 Å². The summed E-state index contributed by atoms with van der Waals surface area (Å²) in [5, 5.41) is 0. The van der Waals surface area contributed by atoms with Crippen LogP contribution < -0.4 is 5.73 Å². The smallest absolute Gasteiger partial charge is 0.244 e. The molecular weight excluding hydrogens is 286 g/mol. The summed E-state index contributed by atoms with van der Waals surface area (Å²) in [4.78, 5) is 0.420. The Morgan fingerprint density at radius 2 is 1.95 bits per heavy atom. The number of nitrogens with two attached hydrogens (primary N) is 1. The first-order chi connectivity index (χ1) is 10.1. The Balaban J connectivity index is 1.92. The lowest BCUT2D eigenvalue weighted by Crippen LogP contribution is -2.38. The van der Waals surface area contributed by atoms with Gasteiger partial charge in [-0.3, -0.25) is 0 Å². The minimum Gasteiger partial charge on any atom is -0.346 e. The largest absolute Gasteiger partial charge is 0.346 e. The highest BCUT2D eigenvalue weighted by molar-refractivity contribution is 7.89. The summed E-state index contributed by atoms with van der Waals surface area (Å²) in [6, 6.07) is 2.39. The maximum absolute atomic E-state index is 12.9. The molecule has 2 aliphatic rings.